The van der Waals surface area contributed by atoms with Crippen LogP contribution in [-0.4, -0.2) is 0 Å². The average molecular weight is 671 g/mol. The zero-order valence-corrected chi connectivity index (χ0v) is 28.0. The van der Waals surface area contributed by atoms with Gasteiger partial charge in [-0.25, -0.2) is 8.78 Å². The third kappa shape index (κ3) is 5.10. The van der Waals surface area contributed by atoms with E-state index in [0.717, 1.165) is 50.8 Å². The number of halogens is 2. The van der Waals surface area contributed by atoms with Crippen LogP contribution in [0.15, 0.2) is 152 Å². The van der Waals surface area contributed by atoms with Crippen molar-refractivity contribution in [3.63, 3.8) is 0 Å². The summed E-state index contributed by atoms with van der Waals surface area (Å²) in [6, 6.07) is 47.4. The third-order valence-electron chi connectivity index (χ3n) is 9.47. The molecule has 51 heavy (non-hydrogen) atoms. The van der Waals surface area contributed by atoms with Crippen LogP contribution in [0.1, 0.15) is 25.3 Å². The Hall–Kier alpha value is -6.40. The van der Waals surface area contributed by atoms with Gasteiger partial charge < -0.3 is 19.3 Å². The Balaban J connectivity index is 1.48. The minimum absolute atomic E-state index is 0.0849. The Kier molecular flexibility index (Phi) is 7.32. The van der Waals surface area contributed by atoms with Gasteiger partial charge in [-0.05, 0) is 101 Å². The number of anilines is 6. The van der Waals surface area contributed by atoms with Crippen molar-refractivity contribution in [3.05, 3.63) is 169 Å². The zero-order valence-electron chi connectivity index (χ0n) is 28.0. The molecule has 0 atom stereocenters. The Labute approximate surface area is 295 Å². The summed E-state index contributed by atoms with van der Waals surface area (Å²) in [7, 11) is 0. The van der Waals surface area contributed by atoms with E-state index in [1.54, 1.807) is 24.3 Å². The van der Waals surface area contributed by atoms with E-state index in [9.17, 15) is 0 Å². The average Bonchev–Trinajstić information content (AvgIpc) is 3.15. The van der Waals surface area contributed by atoms with Crippen LogP contribution in [-0.2, 0) is 0 Å². The van der Waals surface area contributed by atoms with Crippen LogP contribution in [0.2, 0.25) is 0 Å². The largest absolute Gasteiger partial charge is 0.453 e. The topological polar surface area (TPSA) is 24.9 Å². The summed E-state index contributed by atoms with van der Waals surface area (Å²) in [5.41, 5.74) is 9.07. The number of rotatable bonds is 5. The molecule has 0 aliphatic carbocycles. The molecule has 2 heterocycles. The van der Waals surface area contributed by atoms with Crippen LogP contribution in [0.5, 0.6) is 23.0 Å². The minimum atomic E-state index is -0.344. The van der Waals surface area contributed by atoms with E-state index in [2.05, 4.69) is 29.7 Å². The Morgan fingerprint density at radius 2 is 0.765 bits per heavy atom. The van der Waals surface area contributed by atoms with Crippen LogP contribution in [0, 0.1) is 11.6 Å². The van der Waals surface area contributed by atoms with Crippen molar-refractivity contribution < 1.29 is 18.3 Å². The Morgan fingerprint density at radius 3 is 1.10 bits per heavy atom. The number of hydrogen-bond acceptors (Lipinski definition) is 4. The van der Waals surface area contributed by atoms with Crippen molar-refractivity contribution in [2.45, 2.75) is 19.8 Å². The molecule has 0 unspecified atom stereocenters. The summed E-state index contributed by atoms with van der Waals surface area (Å²) in [5, 5.41) is 0. The van der Waals surface area contributed by atoms with E-state index in [4.69, 9.17) is 9.47 Å². The van der Waals surface area contributed by atoms with Gasteiger partial charge >= 0.3 is 0 Å². The van der Waals surface area contributed by atoms with Crippen LogP contribution in [0.3, 0.4) is 0 Å². The minimum Gasteiger partial charge on any atom is -0.453 e. The first-order valence-corrected chi connectivity index (χ1v) is 17.0. The maximum atomic E-state index is 15.3. The molecule has 0 saturated heterocycles. The fraction of sp³-hybridized carbons (Fsp3) is 0.0667. The molecule has 6 heteroatoms. The molecule has 0 bridgehead atoms. The quantitative estimate of drug-likeness (QED) is 0.182. The van der Waals surface area contributed by atoms with Crippen LogP contribution >= 0.6 is 0 Å². The molecular formula is C45H32F2N2O2. The van der Waals surface area contributed by atoms with E-state index in [0.29, 0.717) is 34.1 Å². The maximum Gasteiger partial charge on any atom is 0.151 e. The zero-order chi connectivity index (χ0) is 34.6. The van der Waals surface area contributed by atoms with E-state index in [1.807, 2.05) is 109 Å². The van der Waals surface area contributed by atoms with Gasteiger partial charge in [0.1, 0.15) is 11.6 Å². The van der Waals surface area contributed by atoms with Gasteiger partial charge in [0.15, 0.2) is 23.0 Å². The molecule has 7 aromatic carbocycles. The van der Waals surface area contributed by atoms with Gasteiger partial charge in [-0.2, -0.15) is 0 Å². The molecule has 0 fully saturated rings. The Bertz CT molecular complexity index is 2220. The first-order chi connectivity index (χ1) is 25.0. The SMILES string of the molecule is CC(C)c1c(-c2cccc(F)c2)c(N2c3ccccc3Oc3ccccc32)cc(N2c3ccccc3Oc3ccccc32)c1-c1cccc(F)c1. The number of fused-ring (bicyclic) bond motifs is 4. The molecule has 2 aliphatic heterocycles. The second-order valence-corrected chi connectivity index (χ2v) is 13.0. The lowest BCUT2D eigenvalue weighted by Gasteiger charge is -2.39. The van der Waals surface area contributed by atoms with Crippen molar-refractivity contribution in [2.24, 2.45) is 0 Å². The normalized spacial score (nSPS) is 12.7. The standard InChI is InChI=1S/C45H32F2N2O2/c1-28(2)43-44(29-13-11-15-31(46)25-29)37(48-33-17-3-7-21-39(33)50-40-22-8-4-18-34(40)48)27-38(45(43)30-14-12-16-32(47)26-30)49-35-19-5-9-23-41(35)51-42-24-10-6-20-36(42)49/h3-28H,1-2H3. The smallest absolute Gasteiger partial charge is 0.151 e. The van der Waals surface area contributed by atoms with E-state index < -0.39 is 0 Å². The van der Waals surface area contributed by atoms with Gasteiger partial charge in [-0.3, -0.25) is 0 Å². The summed E-state index contributed by atoms with van der Waals surface area (Å²) in [4.78, 5) is 4.41. The molecule has 9 rings (SSSR count). The third-order valence-corrected chi connectivity index (χ3v) is 9.47. The highest BCUT2D eigenvalue weighted by molar-refractivity contribution is 6.04. The van der Waals surface area contributed by atoms with Gasteiger partial charge in [-0.15, -0.1) is 0 Å². The number of hydrogen-bond donors (Lipinski definition) is 0. The number of ether oxygens (including phenoxy) is 2. The number of benzene rings is 7. The fourth-order valence-electron chi connectivity index (χ4n) is 7.43. The number of nitrogens with zero attached hydrogens (tertiary/aromatic N) is 2. The predicted octanol–water partition coefficient (Wildman–Crippen LogP) is 13.6. The molecule has 0 radical (unpaired) electrons. The second kappa shape index (κ2) is 12.2. The van der Waals surface area contributed by atoms with Crippen LogP contribution in [0.25, 0.3) is 22.3 Å². The molecule has 2 aliphatic rings. The molecule has 248 valence electrons. The highest BCUT2D eigenvalue weighted by Crippen LogP contribution is 2.59. The van der Waals surface area contributed by atoms with Gasteiger partial charge in [0.2, 0.25) is 0 Å². The van der Waals surface area contributed by atoms with E-state index in [-0.39, 0.29) is 17.6 Å². The highest BCUT2D eigenvalue weighted by atomic mass is 19.1. The van der Waals surface area contributed by atoms with Crippen molar-refractivity contribution >= 4 is 34.1 Å². The van der Waals surface area contributed by atoms with E-state index >= 15 is 8.78 Å². The summed E-state index contributed by atoms with van der Waals surface area (Å²) in [5.74, 6) is 2.02. The molecule has 0 N–H and O–H groups in total. The first-order valence-electron chi connectivity index (χ1n) is 17.0. The number of para-hydroxylation sites is 8. The summed E-state index contributed by atoms with van der Waals surface area (Å²) in [6.45, 7) is 4.27. The van der Waals surface area contributed by atoms with Crippen molar-refractivity contribution in [1.82, 2.24) is 0 Å². The molecule has 0 spiro atoms. The molecular weight excluding hydrogens is 639 g/mol. The monoisotopic (exact) mass is 670 g/mol. The lowest BCUT2D eigenvalue weighted by Crippen LogP contribution is -2.21. The predicted molar refractivity (Wildman–Crippen MR) is 201 cm³/mol. The Morgan fingerprint density at radius 1 is 0.412 bits per heavy atom. The lowest BCUT2D eigenvalue weighted by atomic mass is 9.82. The van der Waals surface area contributed by atoms with Gasteiger partial charge in [-0.1, -0.05) is 86.6 Å². The maximum absolute atomic E-state index is 15.3. The molecule has 0 amide bonds. The lowest BCUT2D eigenvalue weighted by molar-refractivity contribution is 0.477. The van der Waals surface area contributed by atoms with Crippen molar-refractivity contribution in [2.75, 3.05) is 9.80 Å². The van der Waals surface area contributed by atoms with Crippen LogP contribution in [0.4, 0.5) is 42.9 Å². The van der Waals surface area contributed by atoms with Gasteiger partial charge in [0.05, 0.1) is 34.1 Å². The molecule has 7 aromatic rings. The van der Waals surface area contributed by atoms with Crippen molar-refractivity contribution in [1.29, 1.82) is 0 Å². The highest BCUT2D eigenvalue weighted by Gasteiger charge is 2.35. The summed E-state index contributed by atoms with van der Waals surface area (Å²) >= 11 is 0. The molecule has 0 aromatic heterocycles. The van der Waals surface area contributed by atoms with Crippen molar-refractivity contribution in [3.8, 4) is 45.3 Å². The second-order valence-electron chi connectivity index (χ2n) is 13.0. The van der Waals surface area contributed by atoms with Gasteiger partial charge in [0, 0.05) is 11.1 Å². The summed E-state index contributed by atoms with van der Waals surface area (Å²) in [6.07, 6.45) is 0. The first kappa shape index (κ1) is 30.6. The van der Waals surface area contributed by atoms with E-state index in [1.165, 1.54) is 12.1 Å². The fourth-order valence-corrected chi connectivity index (χ4v) is 7.43. The molecule has 4 nitrogen and oxygen atoms in total. The summed E-state index contributed by atoms with van der Waals surface area (Å²) < 4.78 is 43.5. The molecule has 0 saturated carbocycles. The van der Waals surface area contributed by atoms with Crippen LogP contribution < -0.4 is 19.3 Å². The van der Waals surface area contributed by atoms with Gasteiger partial charge in [0.25, 0.3) is 0 Å².